The van der Waals surface area contributed by atoms with Gasteiger partial charge in [-0.1, -0.05) is 0 Å². The normalized spacial score (nSPS) is 10.5. The summed E-state index contributed by atoms with van der Waals surface area (Å²) in [6.45, 7) is 3.99. The van der Waals surface area contributed by atoms with Crippen LogP contribution in [0.4, 0.5) is 11.4 Å². The number of carbonyl (C=O) groups excluding carboxylic acids is 2. The summed E-state index contributed by atoms with van der Waals surface area (Å²) in [6.07, 6.45) is 1.57. The number of carboxylic acids is 1. The molecule has 3 N–H and O–H groups in total. The number of nitrogens with one attached hydrogen (secondary N) is 2. The molecule has 3 aromatic carbocycles. The van der Waals surface area contributed by atoms with Crippen LogP contribution in [-0.4, -0.2) is 49.0 Å². The minimum atomic E-state index is -0.997. The molecule has 0 atom stereocenters. The summed E-state index contributed by atoms with van der Waals surface area (Å²) in [5.41, 5.74) is 5.28. The number of amides is 1. The lowest BCUT2D eigenvalue weighted by Gasteiger charge is -2.13. The fraction of sp³-hybridized carbons (Fsp3) is 0.185. The third-order valence-electron chi connectivity index (χ3n) is 4.85. The Morgan fingerprint density at radius 1 is 0.838 bits per heavy atom. The molecule has 0 radical (unpaired) electrons. The van der Waals surface area contributed by atoms with E-state index < -0.39 is 11.9 Å². The molecule has 10 nitrogen and oxygen atoms in total. The molecule has 10 heteroatoms. The highest BCUT2D eigenvalue weighted by Gasteiger charge is 2.11. The zero-order chi connectivity index (χ0) is 26.6. The maximum atomic E-state index is 12.3. The van der Waals surface area contributed by atoms with Crippen LogP contribution in [0.1, 0.15) is 40.1 Å². The Labute approximate surface area is 213 Å². The van der Waals surface area contributed by atoms with Gasteiger partial charge in [-0.25, -0.2) is 9.59 Å². The summed E-state index contributed by atoms with van der Waals surface area (Å²) in [5.74, 6) is -0.961. The number of aromatic carboxylic acids is 1. The van der Waals surface area contributed by atoms with E-state index in [0.717, 1.165) is 5.56 Å². The van der Waals surface area contributed by atoms with E-state index in [9.17, 15) is 14.4 Å². The number of carbonyl (C=O) groups is 3. The van der Waals surface area contributed by atoms with Crippen molar-refractivity contribution in [2.75, 3.05) is 30.6 Å². The topological polar surface area (TPSA) is 136 Å². The van der Waals surface area contributed by atoms with Gasteiger partial charge in [-0.3, -0.25) is 10.2 Å². The molecule has 0 spiro atoms. The minimum absolute atomic E-state index is 0.187. The molecule has 0 saturated heterocycles. The van der Waals surface area contributed by atoms with E-state index in [1.165, 1.54) is 12.1 Å². The van der Waals surface area contributed by atoms with Crippen LogP contribution in [0.3, 0.4) is 0 Å². The standard InChI is InChI=1S/C27H27N3O7/c1-3-35-24-15-18(16-28-30-22-12-6-19(7-13-22)26(32)33)5-14-23(24)37-17-25(31)29-21-10-8-20(9-11-21)27(34)36-4-2/h5-16,30H,3-4,17H2,1-2H3,(H,29,31)(H,32,33)/b28-16+. The molecule has 0 unspecified atom stereocenters. The van der Waals surface area contributed by atoms with Gasteiger partial charge < -0.3 is 24.6 Å². The van der Waals surface area contributed by atoms with Crippen LogP contribution in [0.5, 0.6) is 11.5 Å². The third kappa shape index (κ3) is 8.10. The molecule has 0 aliphatic rings. The van der Waals surface area contributed by atoms with Crippen molar-refractivity contribution >= 4 is 35.4 Å². The zero-order valence-electron chi connectivity index (χ0n) is 20.4. The average Bonchev–Trinajstić information content (AvgIpc) is 2.89. The van der Waals surface area contributed by atoms with Crippen molar-refractivity contribution in [3.05, 3.63) is 83.4 Å². The Hall–Kier alpha value is -4.86. The SMILES string of the molecule is CCOC(=O)c1ccc(NC(=O)COc2ccc(/C=N/Nc3ccc(C(=O)O)cc3)cc2OCC)cc1. The number of hydrazone groups is 1. The number of hydrogen-bond donors (Lipinski definition) is 3. The number of esters is 1. The number of benzene rings is 3. The summed E-state index contributed by atoms with van der Waals surface area (Å²) in [4.78, 5) is 35.0. The molecule has 192 valence electrons. The summed E-state index contributed by atoms with van der Waals surface area (Å²) in [7, 11) is 0. The minimum Gasteiger partial charge on any atom is -0.490 e. The fourth-order valence-corrected chi connectivity index (χ4v) is 3.11. The Morgan fingerprint density at radius 3 is 2.16 bits per heavy atom. The molecule has 3 rings (SSSR count). The lowest BCUT2D eigenvalue weighted by molar-refractivity contribution is -0.118. The van der Waals surface area contributed by atoms with Gasteiger partial charge in [-0.15, -0.1) is 0 Å². The van der Waals surface area contributed by atoms with Crippen LogP contribution < -0.4 is 20.2 Å². The second-order valence-electron chi connectivity index (χ2n) is 7.53. The van der Waals surface area contributed by atoms with Crippen molar-refractivity contribution < 1.29 is 33.7 Å². The molecule has 0 heterocycles. The highest BCUT2D eigenvalue weighted by atomic mass is 16.5. The van der Waals surface area contributed by atoms with E-state index in [-0.39, 0.29) is 24.7 Å². The molecule has 1 amide bonds. The van der Waals surface area contributed by atoms with Crippen LogP contribution in [0.2, 0.25) is 0 Å². The first-order valence-corrected chi connectivity index (χ1v) is 11.5. The summed E-state index contributed by atoms with van der Waals surface area (Å²) in [6, 6.07) is 17.7. The van der Waals surface area contributed by atoms with Gasteiger partial charge in [0.15, 0.2) is 18.1 Å². The number of anilines is 2. The second kappa shape index (κ2) is 13.3. The Balaban J connectivity index is 1.56. The van der Waals surface area contributed by atoms with Gasteiger partial charge in [-0.2, -0.15) is 5.10 Å². The molecule has 0 aliphatic carbocycles. The van der Waals surface area contributed by atoms with E-state index in [1.54, 1.807) is 67.7 Å². The lowest BCUT2D eigenvalue weighted by Crippen LogP contribution is -2.20. The van der Waals surface area contributed by atoms with Gasteiger partial charge in [0, 0.05) is 5.69 Å². The van der Waals surface area contributed by atoms with E-state index in [4.69, 9.17) is 19.3 Å². The van der Waals surface area contributed by atoms with Gasteiger partial charge in [0.05, 0.1) is 36.2 Å². The van der Waals surface area contributed by atoms with Crippen molar-refractivity contribution in [3.63, 3.8) is 0 Å². The quantitative estimate of drug-likeness (QED) is 0.187. The molecule has 3 aromatic rings. The Morgan fingerprint density at radius 2 is 1.51 bits per heavy atom. The number of carboxylic acid groups (broad SMARTS) is 1. The van der Waals surface area contributed by atoms with Crippen LogP contribution in [-0.2, 0) is 9.53 Å². The van der Waals surface area contributed by atoms with Crippen molar-refractivity contribution in [3.8, 4) is 11.5 Å². The maximum absolute atomic E-state index is 12.3. The number of nitrogens with zero attached hydrogens (tertiary/aromatic N) is 1. The largest absolute Gasteiger partial charge is 0.490 e. The molecular weight excluding hydrogens is 478 g/mol. The predicted molar refractivity (Wildman–Crippen MR) is 139 cm³/mol. The molecule has 0 fully saturated rings. The molecule has 0 bridgehead atoms. The van der Waals surface area contributed by atoms with Crippen molar-refractivity contribution in [1.29, 1.82) is 0 Å². The number of rotatable bonds is 12. The lowest BCUT2D eigenvalue weighted by atomic mass is 10.2. The fourth-order valence-electron chi connectivity index (χ4n) is 3.11. The predicted octanol–water partition coefficient (Wildman–Crippen LogP) is 4.42. The smallest absolute Gasteiger partial charge is 0.338 e. The third-order valence-corrected chi connectivity index (χ3v) is 4.85. The van der Waals surface area contributed by atoms with Crippen molar-refractivity contribution in [2.45, 2.75) is 13.8 Å². The van der Waals surface area contributed by atoms with Gasteiger partial charge in [0.25, 0.3) is 5.91 Å². The summed E-state index contributed by atoms with van der Waals surface area (Å²) >= 11 is 0. The van der Waals surface area contributed by atoms with Gasteiger partial charge in [-0.05, 0) is 86.1 Å². The van der Waals surface area contributed by atoms with Crippen molar-refractivity contribution in [1.82, 2.24) is 0 Å². The highest BCUT2D eigenvalue weighted by molar-refractivity contribution is 5.94. The Kier molecular flexibility index (Phi) is 9.60. The molecule has 0 saturated carbocycles. The van der Waals surface area contributed by atoms with Crippen LogP contribution in [0.25, 0.3) is 0 Å². The molecule has 37 heavy (non-hydrogen) atoms. The maximum Gasteiger partial charge on any atom is 0.338 e. The summed E-state index contributed by atoms with van der Waals surface area (Å²) < 4.78 is 16.2. The van der Waals surface area contributed by atoms with E-state index in [1.807, 2.05) is 6.92 Å². The van der Waals surface area contributed by atoms with Crippen LogP contribution in [0.15, 0.2) is 71.8 Å². The van der Waals surface area contributed by atoms with Crippen LogP contribution in [0, 0.1) is 0 Å². The monoisotopic (exact) mass is 505 g/mol. The van der Waals surface area contributed by atoms with E-state index in [2.05, 4.69) is 15.8 Å². The first kappa shape index (κ1) is 26.7. The zero-order valence-corrected chi connectivity index (χ0v) is 20.4. The first-order valence-electron chi connectivity index (χ1n) is 11.5. The second-order valence-corrected chi connectivity index (χ2v) is 7.53. The number of ether oxygens (including phenoxy) is 3. The average molecular weight is 506 g/mol. The van der Waals surface area contributed by atoms with Gasteiger partial charge in [0.2, 0.25) is 0 Å². The molecule has 0 aromatic heterocycles. The van der Waals surface area contributed by atoms with Crippen molar-refractivity contribution in [2.24, 2.45) is 5.10 Å². The highest BCUT2D eigenvalue weighted by Crippen LogP contribution is 2.28. The first-order chi connectivity index (χ1) is 17.9. The van der Waals surface area contributed by atoms with Gasteiger partial charge in [0.1, 0.15) is 0 Å². The van der Waals surface area contributed by atoms with Crippen LogP contribution >= 0.6 is 0 Å². The molecular formula is C27H27N3O7. The Bertz CT molecular complexity index is 1260. The summed E-state index contributed by atoms with van der Waals surface area (Å²) in [5, 5.41) is 15.8. The van der Waals surface area contributed by atoms with E-state index >= 15 is 0 Å². The van der Waals surface area contributed by atoms with E-state index in [0.29, 0.717) is 35.0 Å². The molecule has 0 aliphatic heterocycles. The number of hydrogen-bond acceptors (Lipinski definition) is 8. The van der Waals surface area contributed by atoms with Gasteiger partial charge >= 0.3 is 11.9 Å².